The summed E-state index contributed by atoms with van der Waals surface area (Å²) in [6.07, 6.45) is 1.99. The van der Waals surface area contributed by atoms with Gasteiger partial charge < -0.3 is 10.0 Å². The normalized spacial score (nSPS) is 10.6. The van der Waals surface area contributed by atoms with E-state index in [0.29, 0.717) is 31.8 Å². The van der Waals surface area contributed by atoms with Crippen molar-refractivity contribution < 1.29 is 14.7 Å². The van der Waals surface area contributed by atoms with E-state index in [2.05, 4.69) is 13.8 Å². The molecule has 1 aromatic rings. The van der Waals surface area contributed by atoms with Gasteiger partial charge in [-0.3, -0.25) is 9.59 Å². The number of benzene rings is 1. The van der Waals surface area contributed by atoms with Gasteiger partial charge >= 0.3 is 5.97 Å². The molecular formula is C17H25NO3. The molecule has 0 unspecified atom stereocenters. The van der Waals surface area contributed by atoms with Crippen LogP contribution in [-0.4, -0.2) is 28.4 Å². The number of carboxylic acids is 1. The van der Waals surface area contributed by atoms with Crippen molar-refractivity contribution in [3.8, 4) is 0 Å². The molecule has 4 heteroatoms. The van der Waals surface area contributed by atoms with Gasteiger partial charge in [0.05, 0.1) is 0 Å². The molecule has 1 amide bonds. The number of hydrogen-bond donors (Lipinski definition) is 1. The van der Waals surface area contributed by atoms with E-state index >= 15 is 0 Å². The fraction of sp³-hybridized carbons (Fsp3) is 0.529. The van der Waals surface area contributed by atoms with Crippen molar-refractivity contribution >= 4 is 11.9 Å². The Bertz CT molecular complexity index is 443. The van der Waals surface area contributed by atoms with Crippen LogP contribution in [-0.2, 0) is 16.1 Å². The highest BCUT2D eigenvalue weighted by molar-refractivity contribution is 5.76. The van der Waals surface area contributed by atoms with Gasteiger partial charge in [-0.1, -0.05) is 44.2 Å². The van der Waals surface area contributed by atoms with Gasteiger partial charge in [-0.2, -0.15) is 0 Å². The summed E-state index contributed by atoms with van der Waals surface area (Å²) in [4.78, 5) is 24.7. The van der Waals surface area contributed by atoms with Crippen molar-refractivity contribution in [2.24, 2.45) is 5.92 Å². The van der Waals surface area contributed by atoms with Crippen molar-refractivity contribution in [3.63, 3.8) is 0 Å². The lowest BCUT2D eigenvalue weighted by Gasteiger charge is -2.23. The van der Waals surface area contributed by atoms with Crippen molar-refractivity contribution in [2.45, 2.75) is 46.1 Å². The van der Waals surface area contributed by atoms with Crippen LogP contribution >= 0.6 is 0 Å². The second-order valence-corrected chi connectivity index (χ2v) is 5.73. The Kier molecular flexibility index (Phi) is 7.51. The number of rotatable bonds is 9. The van der Waals surface area contributed by atoms with Crippen LogP contribution < -0.4 is 0 Å². The Morgan fingerprint density at radius 2 is 1.81 bits per heavy atom. The maximum Gasteiger partial charge on any atom is 0.303 e. The first-order valence-corrected chi connectivity index (χ1v) is 7.52. The molecule has 0 saturated carbocycles. The maximum atomic E-state index is 12.3. The van der Waals surface area contributed by atoms with Gasteiger partial charge in [-0.05, 0) is 24.3 Å². The molecule has 1 N–H and O–H groups in total. The number of carbonyl (C=O) groups is 2. The van der Waals surface area contributed by atoms with Crippen LogP contribution in [0.3, 0.4) is 0 Å². The summed E-state index contributed by atoms with van der Waals surface area (Å²) >= 11 is 0. The van der Waals surface area contributed by atoms with E-state index in [1.165, 1.54) is 0 Å². The van der Waals surface area contributed by atoms with E-state index in [1.54, 1.807) is 4.90 Å². The number of hydrogen-bond acceptors (Lipinski definition) is 2. The van der Waals surface area contributed by atoms with Crippen LogP contribution in [0.2, 0.25) is 0 Å². The molecule has 0 heterocycles. The van der Waals surface area contributed by atoms with Gasteiger partial charge in [-0.15, -0.1) is 0 Å². The van der Waals surface area contributed by atoms with Crippen LogP contribution in [0, 0.1) is 5.92 Å². The zero-order valence-corrected chi connectivity index (χ0v) is 12.9. The Morgan fingerprint density at radius 1 is 1.14 bits per heavy atom. The van der Waals surface area contributed by atoms with Gasteiger partial charge in [0.15, 0.2) is 0 Å². The minimum Gasteiger partial charge on any atom is -0.481 e. The molecule has 1 aromatic carbocycles. The lowest BCUT2D eigenvalue weighted by atomic mass is 10.1. The van der Waals surface area contributed by atoms with Crippen LogP contribution in [0.15, 0.2) is 30.3 Å². The average Bonchev–Trinajstić information content (AvgIpc) is 2.44. The highest BCUT2D eigenvalue weighted by Crippen LogP contribution is 2.11. The van der Waals surface area contributed by atoms with E-state index in [0.717, 1.165) is 12.0 Å². The first-order chi connectivity index (χ1) is 9.99. The summed E-state index contributed by atoms with van der Waals surface area (Å²) in [5.74, 6) is -0.214. The molecule has 0 aliphatic heterocycles. The zero-order chi connectivity index (χ0) is 15.7. The van der Waals surface area contributed by atoms with Crippen LogP contribution in [0.5, 0.6) is 0 Å². The average molecular weight is 291 g/mol. The maximum absolute atomic E-state index is 12.3. The van der Waals surface area contributed by atoms with E-state index < -0.39 is 5.97 Å². The summed E-state index contributed by atoms with van der Waals surface area (Å²) in [6.45, 7) is 5.24. The smallest absolute Gasteiger partial charge is 0.303 e. The highest BCUT2D eigenvalue weighted by atomic mass is 16.4. The third-order valence-electron chi connectivity index (χ3n) is 3.32. The van der Waals surface area contributed by atoms with Crippen LogP contribution in [0.4, 0.5) is 0 Å². The van der Waals surface area contributed by atoms with Gasteiger partial charge in [-0.25, -0.2) is 0 Å². The van der Waals surface area contributed by atoms with Crippen molar-refractivity contribution in [1.29, 1.82) is 0 Å². The molecule has 21 heavy (non-hydrogen) atoms. The molecule has 0 radical (unpaired) electrons. The fourth-order valence-electron chi connectivity index (χ4n) is 2.09. The molecular weight excluding hydrogens is 266 g/mol. The Morgan fingerprint density at radius 3 is 2.38 bits per heavy atom. The van der Waals surface area contributed by atoms with E-state index in [-0.39, 0.29) is 12.3 Å². The van der Waals surface area contributed by atoms with Crippen LogP contribution in [0.25, 0.3) is 0 Å². The fourth-order valence-corrected chi connectivity index (χ4v) is 2.09. The summed E-state index contributed by atoms with van der Waals surface area (Å²) < 4.78 is 0. The molecule has 116 valence electrons. The summed E-state index contributed by atoms with van der Waals surface area (Å²) in [5.41, 5.74) is 1.07. The number of amides is 1. The minimum atomic E-state index is -0.815. The Labute approximate surface area is 126 Å². The lowest BCUT2D eigenvalue weighted by Crippen LogP contribution is -2.31. The third-order valence-corrected chi connectivity index (χ3v) is 3.32. The quantitative estimate of drug-likeness (QED) is 0.759. The Balaban J connectivity index is 2.60. The lowest BCUT2D eigenvalue weighted by molar-refractivity contribution is -0.138. The van der Waals surface area contributed by atoms with Crippen molar-refractivity contribution in [2.75, 3.05) is 6.54 Å². The summed E-state index contributed by atoms with van der Waals surface area (Å²) in [6, 6.07) is 9.81. The molecule has 4 nitrogen and oxygen atoms in total. The van der Waals surface area contributed by atoms with Gasteiger partial charge in [0, 0.05) is 25.9 Å². The van der Waals surface area contributed by atoms with Gasteiger partial charge in [0.1, 0.15) is 0 Å². The molecule has 0 bridgehead atoms. The third kappa shape index (κ3) is 7.49. The van der Waals surface area contributed by atoms with Gasteiger partial charge in [0.2, 0.25) is 5.91 Å². The number of aliphatic carboxylic acids is 1. The molecule has 0 atom stereocenters. The highest BCUT2D eigenvalue weighted by Gasteiger charge is 2.14. The van der Waals surface area contributed by atoms with Gasteiger partial charge in [0.25, 0.3) is 0 Å². The molecule has 0 fully saturated rings. The molecule has 0 aliphatic rings. The predicted octanol–water partition coefficient (Wildman–Crippen LogP) is 3.32. The zero-order valence-electron chi connectivity index (χ0n) is 12.9. The second-order valence-electron chi connectivity index (χ2n) is 5.73. The largest absolute Gasteiger partial charge is 0.481 e. The monoisotopic (exact) mass is 291 g/mol. The topological polar surface area (TPSA) is 57.6 Å². The molecule has 0 aliphatic carbocycles. The minimum absolute atomic E-state index is 0.1000. The molecule has 0 saturated heterocycles. The van der Waals surface area contributed by atoms with Crippen molar-refractivity contribution in [3.05, 3.63) is 35.9 Å². The molecule has 0 spiro atoms. The second kappa shape index (κ2) is 9.16. The van der Waals surface area contributed by atoms with E-state index in [1.807, 2.05) is 30.3 Å². The standard InChI is InChI=1S/C17H25NO3/c1-14(2)10-11-16(19)18(12-6-9-17(20)21)13-15-7-4-3-5-8-15/h3-5,7-8,14H,6,9-13H2,1-2H3,(H,20,21). The van der Waals surface area contributed by atoms with E-state index in [9.17, 15) is 9.59 Å². The van der Waals surface area contributed by atoms with E-state index in [4.69, 9.17) is 5.11 Å². The number of carbonyl (C=O) groups excluding carboxylic acids is 1. The molecule has 1 rings (SSSR count). The first kappa shape index (κ1) is 17.2. The molecule has 0 aromatic heterocycles. The SMILES string of the molecule is CC(C)CCC(=O)N(CCCC(=O)O)Cc1ccccc1. The van der Waals surface area contributed by atoms with Crippen molar-refractivity contribution in [1.82, 2.24) is 4.90 Å². The number of carboxylic acid groups (broad SMARTS) is 1. The van der Waals surface area contributed by atoms with Crippen LogP contribution in [0.1, 0.15) is 45.1 Å². The predicted molar refractivity (Wildman–Crippen MR) is 82.8 cm³/mol. The number of nitrogens with zero attached hydrogens (tertiary/aromatic N) is 1. The summed E-state index contributed by atoms with van der Waals surface area (Å²) in [5, 5.41) is 8.73. The first-order valence-electron chi connectivity index (χ1n) is 7.52. The Hall–Kier alpha value is -1.84. The summed E-state index contributed by atoms with van der Waals surface area (Å²) in [7, 11) is 0.